The van der Waals surface area contributed by atoms with Crippen LogP contribution in [0.15, 0.2) is 76.4 Å². The highest BCUT2D eigenvalue weighted by molar-refractivity contribution is 6.03. The average Bonchev–Trinajstić information content (AvgIpc) is 3.37. The summed E-state index contributed by atoms with van der Waals surface area (Å²) in [5.41, 5.74) is 3.24. The molecule has 5 nitrogen and oxygen atoms in total. The third kappa shape index (κ3) is 3.67. The summed E-state index contributed by atoms with van der Waals surface area (Å²) >= 11 is 0. The van der Waals surface area contributed by atoms with Gasteiger partial charge in [0.1, 0.15) is 17.6 Å². The molecule has 1 amide bonds. The number of anilines is 1. The normalized spacial score (nSPS) is 16.1. The van der Waals surface area contributed by atoms with E-state index in [1.165, 1.54) is 11.1 Å². The molecule has 3 aromatic rings. The Morgan fingerprint density at radius 2 is 1.96 bits per heavy atom. The Labute approximate surface area is 162 Å². The van der Waals surface area contributed by atoms with E-state index < -0.39 is 5.82 Å². The maximum atomic E-state index is 13.8. The predicted molar refractivity (Wildman–Crippen MR) is 106 cm³/mol. The number of furan rings is 1. The van der Waals surface area contributed by atoms with Crippen LogP contribution in [0.1, 0.15) is 29.3 Å². The molecule has 0 radical (unpaired) electrons. The van der Waals surface area contributed by atoms with Gasteiger partial charge < -0.3 is 9.73 Å². The molecule has 0 spiro atoms. The molecule has 1 aliphatic rings. The zero-order chi connectivity index (χ0) is 19.5. The summed E-state index contributed by atoms with van der Waals surface area (Å²) in [5, 5.41) is 8.85. The van der Waals surface area contributed by atoms with Crippen molar-refractivity contribution < 1.29 is 13.6 Å². The second-order valence-electron chi connectivity index (χ2n) is 6.72. The van der Waals surface area contributed by atoms with Crippen LogP contribution >= 0.6 is 0 Å². The molecule has 0 fully saturated rings. The van der Waals surface area contributed by atoms with Gasteiger partial charge in [0.05, 0.1) is 24.2 Å². The van der Waals surface area contributed by atoms with Gasteiger partial charge in [-0.2, -0.15) is 5.10 Å². The molecule has 2 aromatic carbocycles. The number of carbonyl (C=O) groups excluding carboxylic acids is 1. The number of nitrogens with one attached hydrogen (secondary N) is 1. The van der Waals surface area contributed by atoms with Crippen LogP contribution in [0.3, 0.4) is 0 Å². The number of amides is 1. The molecule has 0 saturated heterocycles. The topological polar surface area (TPSA) is 57.8 Å². The Morgan fingerprint density at radius 3 is 2.68 bits per heavy atom. The minimum atomic E-state index is -0.400. The van der Waals surface area contributed by atoms with E-state index in [4.69, 9.17) is 4.42 Å². The quantitative estimate of drug-likeness (QED) is 0.711. The van der Waals surface area contributed by atoms with Crippen molar-refractivity contribution in [2.75, 3.05) is 11.9 Å². The van der Waals surface area contributed by atoms with Crippen molar-refractivity contribution in [2.24, 2.45) is 5.10 Å². The fourth-order valence-corrected chi connectivity index (χ4v) is 3.22. The Morgan fingerprint density at radius 1 is 1.18 bits per heavy atom. The molecule has 28 heavy (non-hydrogen) atoms. The highest BCUT2D eigenvalue weighted by Crippen LogP contribution is 2.33. The third-order valence-electron chi connectivity index (χ3n) is 4.73. The molecule has 0 saturated carbocycles. The molecule has 1 aromatic heterocycles. The van der Waals surface area contributed by atoms with Gasteiger partial charge in [-0.25, -0.2) is 9.40 Å². The smallest absolute Gasteiger partial charge is 0.262 e. The standard InChI is InChI=1S/C22H20FN3O2/c1-15-8-10-16(11-9-15)19-13-20(21-7-4-12-28-21)26(25-19)22(27)14-24-18-6-3-2-5-17(18)23/h2-12,20,24H,13-14H2,1H3/t20-/m1/s1. The molecular formula is C22H20FN3O2. The van der Waals surface area contributed by atoms with Gasteiger partial charge >= 0.3 is 0 Å². The van der Waals surface area contributed by atoms with Crippen LogP contribution in [0.25, 0.3) is 0 Å². The lowest BCUT2D eigenvalue weighted by Crippen LogP contribution is -2.32. The Bertz CT molecular complexity index is 997. The number of aryl methyl sites for hydroxylation is 1. The number of hydrazone groups is 1. The maximum Gasteiger partial charge on any atom is 0.262 e. The first-order valence-electron chi connectivity index (χ1n) is 9.10. The highest BCUT2D eigenvalue weighted by atomic mass is 19.1. The van der Waals surface area contributed by atoms with Crippen molar-refractivity contribution in [2.45, 2.75) is 19.4 Å². The lowest BCUT2D eigenvalue weighted by molar-refractivity contribution is -0.131. The molecule has 0 bridgehead atoms. The van der Waals surface area contributed by atoms with Crippen molar-refractivity contribution in [1.29, 1.82) is 0 Å². The van der Waals surface area contributed by atoms with E-state index in [0.717, 1.165) is 16.8 Å². The second kappa shape index (κ2) is 7.68. The number of rotatable bonds is 5. The van der Waals surface area contributed by atoms with Gasteiger partial charge in [0.15, 0.2) is 0 Å². The maximum absolute atomic E-state index is 13.8. The van der Waals surface area contributed by atoms with Crippen molar-refractivity contribution in [3.05, 3.63) is 89.6 Å². The number of carbonyl (C=O) groups is 1. The van der Waals surface area contributed by atoms with Crippen molar-refractivity contribution in [3.8, 4) is 0 Å². The van der Waals surface area contributed by atoms with E-state index in [9.17, 15) is 9.18 Å². The van der Waals surface area contributed by atoms with Crippen LogP contribution < -0.4 is 5.32 Å². The molecule has 1 aliphatic heterocycles. The monoisotopic (exact) mass is 377 g/mol. The lowest BCUT2D eigenvalue weighted by atomic mass is 10.0. The first-order valence-corrected chi connectivity index (χ1v) is 9.10. The second-order valence-corrected chi connectivity index (χ2v) is 6.72. The summed E-state index contributed by atoms with van der Waals surface area (Å²) in [4.78, 5) is 12.9. The zero-order valence-corrected chi connectivity index (χ0v) is 15.4. The fourth-order valence-electron chi connectivity index (χ4n) is 3.22. The van der Waals surface area contributed by atoms with Crippen LogP contribution in [0.2, 0.25) is 0 Å². The number of nitrogens with zero attached hydrogens (tertiary/aromatic N) is 2. The molecule has 6 heteroatoms. The summed E-state index contributed by atoms with van der Waals surface area (Å²) < 4.78 is 19.3. The van der Waals surface area contributed by atoms with E-state index in [0.29, 0.717) is 12.2 Å². The minimum absolute atomic E-state index is 0.0666. The molecule has 142 valence electrons. The largest absolute Gasteiger partial charge is 0.467 e. The van der Waals surface area contributed by atoms with E-state index in [1.54, 1.807) is 30.5 Å². The summed E-state index contributed by atoms with van der Waals surface area (Å²) in [7, 11) is 0. The first kappa shape index (κ1) is 18.0. The fraction of sp³-hybridized carbons (Fsp3) is 0.182. The molecule has 2 heterocycles. The number of hydrogen-bond donors (Lipinski definition) is 1. The van der Waals surface area contributed by atoms with Crippen molar-refractivity contribution in [3.63, 3.8) is 0 Å². The molecule has 1 N–H and O–H groups in total. The van der Waals surface area contributed by atoms with E-state index in [-0.39, 0.29) is 24.2 Å². The molecule has 4 rings (SSSR count). The Balaban J connectivity index is 1.56. The van der Waals surface area contributed by atoms with Crippen LogP contribution in [0.4, 0.5) is 10.1 Å². The lowest BCUT2D eigenvalue weighted by Gasteiger charge is -2.20. The van der Waals surface area contributed by atoms with E-state index in [2.05, 4.69) is 10.4 Å². The van der Waals surface area contributed by atoms with Gasteiger partial charge in [-0.1, -0.05) is 42.0 Å². The van der Waals surface area contributed by atoms with Gasteiger partial charge in [0.2, 0.25) is 0 Å². The third-order valence-corrected chi connectivity index (χ3v) is 4.73. The minimum Gasteiger partial charge on any atom is -0.467 e. The van der Waals surface area contributed by atoms with Crippen LogP contribution in [-0.2, 0) is 4.79 Å². The average molecular weight is 377 g/mol. The molecular weight excluding hydrogens is 357 g/mol. The summed E-state index contributed by atoms with van der Waals surface area (Å²) in [5.74, 6) is 0.0139. The Hall–Kier alpha value is -3.41. The van der Waals surface area contributed by atoms with E-state index >= 15 is 0 Å². The molecule has 0 unspecified atom stereocenters. The Kier molecular flexibility index (Phi) is 4.93. The number of halogens is 1. The van der Waals surface area contributed by atoms with Crippen LogP contribution in [-0.4, -0.2) is 23.2 Å². The van der Waals surface area contributed by atoms with Crippen LogP contribution in [0, 0.1) is 12.7 Å². The van der Waals surface area contributed by atoms with Crippen molar-refractivity contribution in [1.82, 2.24) is 5.01 Å². The first-order chi connectivity index (χ1) is 13.6. The zero-order valence-electron chi connectivity index (χ0n) is 15.4. The molecule has 0 aliphatic carbocycles. The van der Waals surface area contributed by atoms with Gasteiger partial charge in [-0.15, -0.1) is 0 Å². The van der Waals surface area contributed by atoms with Gasteiger partial charge in [0, 0.05) is 6.42 Å². The van der Waals surface area contributed by atoms with Gasteiger partial charge in [-0.05, 0) is 36.8 Å². The van der Waals surface area contributed by atoms with Crippen LogP contribution in [0.5, 0.6) is 0 Å². The predicted octanol–water partition coefficient (Wildman–Crippen LogP) is 4.52. The highest BCUT2D eigenvalue weighted by Gasteiger charge is 2.34. The summed E-state index contributed by atoms with van der Waals surface area (Å²) in [6.07, 6.45) is 2.14. The van der Waals surface area contributed by atoms with Gasteiger partial charge in [-0.3, -0.25) is 4.79 Å². The number of para-hydroxylation sites is 1. The van der Waals surface area contributed by atoms with E-state index in [1.807, 2.05) is 37.3 Å². The number of hydrogen-bond acceptors (Lipinski definition) is 4. The summed E-state index contributed by atoms with van der Waals surface area (Å²) in [6.45, 7) is 1.96. The molecule has 1 atom stereocenters. The van der Waals surface area contributed by atoms with Crippen molar-refractivity contribution >= 4 is 17.3 Å². The van der Waals surface area contributed by atoms with Gasteiger partial charge in [0.25, 0.3) is 5.91 Å². The number of benzene rings is 2. The SMILES string of the molecule is Cc1ccc(C2=NN(C(=O)CNc3ccccc3F)[C@@H](c3ccco3)C2)cc1. The summed E-state index contributed by atoms with van der Waals surface area (Å²) in [6, 6.07) is 17.6.